The molecule has 42 heavy (non-hydrogen) atoms. The van der Waals surface area contributed by atoms with E-state index in [0.717, 1.165) is 22.3 Å². The van der Waals surface area contributed by atoms with Crippen LogP contribution in [0.25, 0.3) is 0 Å². The van der Waals surface area contributed by atoms with Crippen LogP contribution in [0.15, 0.2) is 121 Å². The number of aliphatic hydroxyl groups is 2. The molecule has 218 valence electrons. The van der Waals surface area contributed by atoms with Crippen molar-refractivity contribution in [2.45, 2.75) is 50.3 Å². The second-order valence-electron chi connectivity index (χ2n) is 10.1. The Morgan fingerprint density at radius 3 is 1.40 bits per heavy atom. The first kappa shape index (κ1) is 30.3. The molecule has 0 unspecified atom stereocenters. The lowest BCUT2D eigenvalue weighted by Crippen LogP contribution is -2.57. The summed E-state index contributed by atoms with van der Waals surface area (Å²) in [5.41, 5.74) is 3.30. The van der Waals surface area contributed by atoms with Crippen LogP contribution in [0, 0.1) is 0 Å². The molecule has 0 aromatic heterocycles. The molecular formula is C34H36N2O6. The average molecular weight is 569 g/mol. The molecule has 0 radical (unpaired) electrons. The maximum Gasteiger partial charge on any atom is 0.407 e. The SMILES string of the molecule is O=C(N[C@@H](Cc1ccccc1)CC(O)(O)[C@H](Cc1ccccc1)NC(=O)OCc1ccccc1)OCc1ccccc1. The third-order valence-corrected chi connectivity index (χ3v) is 6.75. The van der Waals surface area contributed by atoms with Gasteiger partial charge in [0.1, 0.15) is 13.2 Å². The number of nitrogens with one attached hydrogen (secondary N) is 2. The second kappa shape index (κ2) is 15.4. The van der Waals surface area contributed by atoms with Crippen molar-refractivity contribution in [3.05, 3.63) is 144 Å². The predicted molar refractivity (Wildman–Crippen MR) is 159 cm³/mol. The van der Waals surface area contributed by atoms with Gasteiger partial charge in [-0.05, 0) is 35.1 Å². The average Bonchev–Trinajstić information content (AvgIpc) is 3.00. The number of carbonyl (C=O) groups excluding carboxylic acids is 2. The number of rotatable bonds is 13. The van der Waals surface area contributed by atoms with Crippen LogP contribution in [-0.4, -0.2) is 40.3 Å². The summed E-state index contributed by atoms with van der Waals surface area (Å²) in [6, 6.07) is 35.2. The number of benzene rings is 4. The number of ether oxygens (including phenoxy) is 2. The van der Waals surface area contributed by atoms with E-state index in [-0.39, 0.29) is 26.1 Å². The molecule has 0 aliphatic carbocycles. The highest BCUT2D eigenvalue weighted by molar-refractivity contribution is 5.68. The van der Waals surface area contributed by atoms with Crippen LogP contribution in [0.1, 0.15) is 28.7 Å². The molecule has 2 amide bonds. The molecule has 0 heterocycles. The lowest BCUT2D eigenvalue weighted by Gasteiger charge is -2.35. The molecule has 8 nitrogen and oxygen atoms in total. The van der Waals surface area contributed by atoms with Crippen LogP contribution < -0.4 is 10.6 Å². The smallest absolute Gasteiger partial charge is 0.407 e. The molecular weight excluding hydrogens is 532 g/mol. The van der Waals surface area contributed by atoms with Gasteiger partial charge in [0.05, 0.1) is 6.04 Å². The largest absolute Gasteiger partial charge is 0.445 e. The third-order valence-electron chi connectivity index (χ3n) is 6.75. The van der Waals surface area contributed by atoms with Gasteiger partial charge >= 0.3 is 12.2 Å². The van der Waals surface area contributed by atoms with Crippen LogP contribution in [0.2, 0.25) is 0 Å². The topological polar surface area (TPSA) is 117 Å². The molecule has 0 aliphatic heterocycles. The van der Waals surface area contributed by atoms with Gasteiger partial charge in [-0.15, -0.1) is 0 Å². The van der Waals surface area contributed by atoms with Crippen molar-refractivity contribution in [1.82, 2.24) is 10.6 Å². The molecule has 0 spiro atoms. The van der Waals surface area contributed by atoms with Crippen molar-refractivity contribution < 1.29 is 29.3 Å². The minimum atomic E-state index is -2.42. The summed E-state index contributed by atoms with van der Waals surface area (Å²) in [5.74, 6) is -2.42. The molecule has 4 rings (SSSR count). The Morgan fingerprint density at radius 2 is 0.952 bits per heavy atom. The molecule has 0 bridgehead atoms. The molecule has 0 saturated carbocycles. The lowest BCUT2D eigenvalue weighted by atomic mass is 9.91. The van der Waals surface area contributed by atoms with E-state index in [4.69, 9.17) is 9.47 Å². The van der Waals surface area contributed by atoms with E-state index in [0.29, 0.717) is 6.42 Å². The Balaban J connectivity index is 1.48. The number of amides is 2. The summed E-state index contributed by atoms with van der Waals surface area (Å²) in [5, 5.41) is 28.3. The molecule has 2 atom stereocenters. The van der Waals surface area contributed by atoms with Gasteiger partial charge in [-0.1, -0.05) is 121 Å². The van der Waals surface area contributed by atoms with Crippen molar-refractivity contribution in [2.24, 2.45) is 0 Å². The molecule has 8 heteroatoms. The van der Waals surface area contributed by atoms with E-state index in [1.54, 1.807) is 0 Å². The zero-order chi connectivity index (χ0) is 29.6. The summed E-state index contributed by atoms with van der Waals surface area (Å²) in [4.78, 5) is 25.6. The van der Waals surface area contributed by atoms with Gasteiger partial charge in [0.15, 0.2) is 5.79 Å². The fraction of sp³-hybridized carbons (Fsp3) is 0.235. The highest BCUT2D eigenvalue weighted by Gasteiger charge is 2.39. The molecule has 0 fully saturated rings. The maximum atomic E-state index is 12.8. The van der Waals surface area contributed by atoms with Crippen LogP contribution in [0.4, 0.5) is 9.59 Å². The highest BCUT2D eigenvalue weighted by Crippen LogP contribution is 2.21. The number of hydrogen-bond acceptors (Lipinski definition) is 6. The van der Waals surface area contributed by atoms with Crippen molar-refractivity contribution in [1.29, 1.82) is 0 Å². The molecule has 0 saturated heterocycles. The fourth-order valence-electron chi connectivity index (χ4n) is 4.60. The first-order valence-corrected chi connectivity index (χ1v) is 13.8. The fourth-order valence-corrected chi connectivity index (χ4v) is 4.60. The standard InChI is InChI=1S/C34H36N2O6/c37-32(41-24-28-17-9-3-10-18-28)35-30(21-26-13-5-1-6-14-26)23-34(39,40)31(22-27-15-7-2-8-16-27)36-33(38)42-25-29-19-11-4-12-20-29/h1-20,30-31,39-40H,21-25H2,(H,35,37)(H,36,38)/t30-,31-/m0/s1. The van der Waals surface area contributed by atoms with Gasteiger partial charge in [-0.3, -0.25) is 0 Å². The molecule has 0 aliphatic rings. The minimum Gasteiger partial charge on any atom is -0.445 e. The van der Waals surface area contributed by atoms with E-state index in [1.807, 2.05) is 121 Å². The van der Waals surface area contributed by atoms with E-state index in [9.17, 15) is 19.8 Å². The van der Waals surface area contributed by atoms with Crippen molar-refractivity contribution in [3.8, 4) is 0 Å². The Bertz CT molecular complexity index is 1370. The monoisotopic (exact) mass is 568 g/mol. The predicted octanol–water partition coefficient (Wildman–Crippen LogP) is 5.13. The third kappa shape index (κ3) is 10.1. The van der Waals surface area contributed by atoms with Gasteiger partial charge in [0.25, 0.3) is 0 Å². The summed E-state index contributed by atoms with van der Waals surface area (Å²) < 4.78 is 10.8. The van der Waals surface area contributed by atoms with Crippen LogP contribution in [0.3, 0.4) is 0 Å². The molecule has 4 aromatic rings. The van der Waals surface area contributed by atoms with Gasteiger partial charge < -0.3 is 30.3 Å². The van der Waals surface area contributed by atoms with Gasteiger partial charge in [0.2, 0.25) is 0 Å². The van der Waals surface area contributed by atoms with Crippen LogP contribution >= 0.6 is 0 Å². The Labute approximate surface area is 245 Å². The Kier molecular flexibility index (Phi) is 11.1. The van der Waals surface area contributed by atoms with E-state index in [1.165, 1.54) is 0 Å². The van der Waals surface area contributed by atoms with Crippen molar-refractivity contribution in [2.75, 3.05) is 0 Å². The zero-order valence-electron chi connectivity index (χ0n) is 23.3. The first-order valence-electron chi connectivity index (χ1n) is 13.8. The normalized spacial score (nSPS) is 12.5. The Morgan fingerprint density at radius 1 is 0.571 bits per heavy atom. The van der Waals surface area contributed by atoms with Gasteiger partial charge in [0, 0.05) is 12.5 Å². The van der Waals surface area contributed by atoms with Gasteiger partial charge in [-0.25, -0.2) is 9.59 Å². The number of hydrogen-bond donors (Lipinski definition) is 4. The number of carbonyl (C=O) groups is 2. The Hall–Kier alpha value is -4.66. The van der Waals surface area contributed by atoms with Crippen molar-refractivity contribution >= 4 is 12.2 Å². The summed E-state index contributed by atoms with van der Waals surface area (Å²) in [7, 11) is 0. The minimum absolute atomic E-state index is 0.0278. The summed E-state index contributed by atoms with van der Waals surface area (Å²) in [6.07, 6.45) is -1.35. The van der Waals surface area contributed by atoms with Gasteiger partial charge in [-0.2, -0.15) is 0 Å². The van der Waals surface area contributed by atoms with E-state index >= 15 is 0 Å². The number of alkyl carbamates (subject to hydrolysis) is 2. The first-order chi connectivity index (χ1) is 20.4. The van der Waals surface area contributed by atoms with Crippen LogP contribution in [0.5, 0.6) is 0 Å². The quantitative estimate of drug-likeness (QED) is 0.166. The van der Waals surface area contributed by atoms with E-state index < -0.39 is 30.1 Å². The summed E-state index contributed by atoms with van der Waals surface area (Å²) in [6.45, 7) is 0.0968. The zero-order valence-corrected chi connectivity index (χ0v) is 23.3. The van der Waals surface area contributed by atoms with E-state index in [2.05, 4.69) is 10.6 Å². The summed E-state index contributed by atoms with van der Waals surface area (Å²) >= 11 is 0. The molecule has 4 aromatic carbocycles. The lowest BCUT2D eigenvalue weighted by molar-refractivity contribution is -0.190. The van der Waals surface area contributed by atoms with Crippen LogP contribution in [-0.2, 0) is 35.5 Å². The maximum absolute atomic E-state index is 12.8. The molecule has 4 N–H and O–H groups in total. The second-order valence-corrected chi connectivity index (χ2v) is 10.1. The van der Waals surface area contributed by atoms with Crippen molar-refractivity contribution in [3.63, 3.8) is 0 Å². The highest BCUT2D eigenvalue weighted by atomic mass is 16.6.